The van der Waals surface area contributed by atoms with Gasteiger partial charge in [-0.1, -0.05) is 31.1 Å². The van der Waals surface area contributed by atoms with Crippen molar-refractivity contribution in [3.63, 3.8) is 0 Å². The molecule has 2 aromatic heterocycles. The second-order valence-corrected chi connectivity index (χ2v) is 10.3. The third-order valence-corrected chi connectivity index (χ3v) is 7.12. The number of carbonyl (C=O) groups is 1. The van der Waals surface area contributed by atoms with Crippen LogP contribution in [0.5, 0.6) is 5.75 Å². The summed E-state index contributed by atoms with van der Waals surface area (Å²) in [6, 6.07) is 6.52. The van der Waals surface area contributed by atoms with Crippen LogP contribution in [0.1, 0.15) is 60.5 Å². The molecule has 9 heteroatoms. The topological polar surface area (TPSA) is 111 Å². The highest BCUT2D eigenvalue weighted by atomic mass is 16.5. The lowest BCUT2D eigenvalue weighted by atomic mass is 10.0. The van der Waals surface area contributed by atoms with Gasteiger partial charge in [0.05, 0.1) is 29.1 Å². The fourth-order valence-electron chi connectivity index (χ4n) is 4.83. The average molecular weight is 507 g/mol. The van der Waals surface area contributed by atoms with Crippen LogP contribution in [-0.4, -0.2) is 58.2 Å². The van der Waals surface area contributed by atoms with Crippen LogP contribution in [0, 0.1) is 27.7 Å². The van der Waals surface area contributed by atoms with Crippen LogP contribution in [0.15, 0.2) is 22.7 Å². The first-order valence-corrected chi connectivity index (χ1v) is 12.9. The van der Waals surface area contributed by atoms with E-state index in [2.05, 4.69) is 60.9 Å². The molecule has 9 nitrogen and oxygen atoms in total. The molecule has 1 fully saturated rings. The number of ether oxygens (including phenoxy) is 1. The number of aryl methyl sites for hydroxylation is 4. The summed E-state index contributed by atoms with van der Waals surface area (Å²) in [5.74, 6) is 3.09. The lowest BCUT2D eigenvalue weighted by Gasteiger charge is -2.40. The molecule has 0 unspecified atom stereocenters. The molecule has 3 aromatic rings. The van der Waals surface area contributed by atoms with Gasteiger partial charge in [-0.2, -0.15) is 0 Å². The molecule has 3 heterocycles. The normalized spacial score (nSPS) is 16.4. The third-order valence-electron chi connectivity index (χ3n) is 7.12. The lowest BCUT2D eigenvalue weighted by Crippen LogP contribution is -2.54. The van der Waals surface area contributed by atoms with Crippen LogP contribution >= 0.6 is 0 Å². The molecule has 1 atom stereocenters. The van der Waals surface area contributed by atoms with Gasteiger partial charge in [-0.05, 0) is 57.7 Å². The smallest absolute Gasteiger partial charge is 0.231 e. The van der Waals surface area contributed by atoms with Crippen molar-refractivity contribution >= 4 is 11.7 Å². The fourth-order valence-corrected chi connectivity index (χ4v) is 4.83. The van der Waals surface area contributed by atoms with E-state index in [0.29, 0.717) is 43.7 Å². The van der Waals surface area contributed by atoms with Crippen molar-refractivity contribution in [2.45, 2.75) is 67.0 Å². The molecule has 0 aliphatic carbocycles. The molecule has 4 rings (SSSR count). The van der Waals surface area contributed by atoms with Crippen molar-refractivity contribution in [2.24, 2.45) is 5.73 Å². The number of piperazine rings is 1. The number of nitrogens with zero attached hydrogens (tertiary/aromatic N) is 5. The van der Waals surface area contributed by atoms with Crippen LogP contribution in [0.3, 0.4) is 0 Å². The Balaban J connectivity index is 1.71. The number of hydrogen-bond acceptors (Lipinski definition) is 8. The summed E-state index contributed by atoms with van der Waals surface area (Å²) >= 11 is 0. The number of carbonyl (C=O) groups excluding carboxylic acids is 1. The standard InChI is InChI=1S/C28H38N6O3/c1-16(2)22-9-8-17(3)24(12-22)36-15-23-19(5)30-27(26-20(6)32-37-21(26)7)31-28(23)34-11-10-33(14-25(29)35)18(4)13-34/h8-9,12,16,18H,10-11,13-15H2,1-7H3,(H2,29,35)/t18-/m1/s1. The Hall–Kier alpha value is -3.46. The van der Waals surface area contributed by atoms with Gasteiger partial charge in [-0.25, -0.2) is 9.97 Å². The van der Waals surface area contributed by atoms with Crippen molar-refractivity contribution in [3.8, 4) is 17.1 Å². The summed E-state index contributed by atoms with van der Waals surface area (Å²) in [6.07, 6.45) is 0. The third kappa shape index (κ3) is 5.77. The minimum absolute atomic E-state index is 0.137. The minimum atomic E-state index is -0.313. The van der Waals surface area contributed by atoms with E-state index in [1.807, 2.05) is 20.8 Å². The monoisotopic (exact) mass is 506 g/mol. The van der Waals surface area contributed by atoms with Gasteiger partial charge in [0.15, 0.2) is 5.82 Å². The largest absolute Gasteiger partial charge is 0.488 e. The van der Waals surface area contributed by atoms with Crippen LogP contribution in [0.4, 0.5) is 5.82 Å². The van der Waals surface area contributed by atoms with Gasteiger partial charge < -0.3 is 19.9 Å². The molecular weight excluding hydrogens is 468 g/mol. The molecule has 2 N–H and O–H groups in total. The summed E-state index contributed by atoms with van der Waals surface area (Å²) in [4.78, 5) is 25.8. The van der Waals surface area contributed by atoms with E-state index in [1.54, 1.807) is 0 Å². The second kappa shape index (κ2) is 10.9. The summed E-state index contributed by atoms with van der Waals surface area (Å²) in [5, 5.41) is 4.10. The SMILES string of the molecule is Cc1ccc(C(C)C)cc1OCc1c(C)nc(-c2c(C)noc2C)nc1N1CCN(CC(N)=O)[C@H](C)C1. The van der Waals surface area contributed by atoms with Crippen molar-refractivity contribution in [1.29, 1.82) is 0 Å². The maximum absolute atomic E-state index is 11.5. The molecule has 0 radical (unpaired) electrons. The molecule has 1 aliphatic heterocycles. The van der Waals surface area contributed by atoms with Crippen molar-refractivity contribution < 1.29 is 14.1 Å². The summed E-state index contributed by atoms with van der Waals surface area (Å²) in [5.41, 5.74) is 11.2. The molecule has 0 saturated carbocycles. The lowest BCUT2D eigenvalue weighted by molar-refractivity contribution is -0.119. The molecule has 1 saturated heterocycles. The van der Waals surface area contributed by atoms with Gasteiger partial charge in [-0.3, -0.25) is 9.69 Å². The Labute approximate surface area is 219 Å². The zero-order chi connectivity index (χ0) is 26.9. The quantitative estimate of drug-likeness (QED) is 0.487. The number of benzene rings is 1. The van der Waals surface area contributed by atoms with Crippen LogP contribution in [0.25, 0.3) is 11.4 Å². The molecule has 1 aliphatic rings. The molecule has 1 aromatic carbocycles. The number of anilines is 1. The van der Waals surface area contributed by atoms with E-state index in [-0.39, 0.29) is 18.5 Å². The van der Waals surface area contributed by atoms with Gasteiger partial charge in [0.1, 0.15) is 23.9 Å². The highest BCUT2D eigenvalue weighted by Crippen LogP contribution is 2.32. The molecular formula is C28H38N6O3. The zero-order valence-electron chi connectivity index (χ0n) is 23.0. The van der Waals surface area contributed by atoms with Crippen LogP contribution in [-0.2, 0) is 11.4 Å². The van der Waals surface area contributed by atoms with Crippen LogP contribution < -0.4 is 15.4 Å². The van der Waals surface area contributed by atoms with Gasteiger partial charge >= 0.3 is 0 Å². The van der Waals surface area contributed by atoms with Crippen molar-refractivity contribution in [2.75, 3.05) is 31.1 Å². The Morgan fingerprint density at radius 2 is 1.92 bits per heavy atom. The van der Waals surface area contributed by atoms with Crippen LogP contribution in [0.2, 0.25) is 0 Å². The number of hydrogen-bond donors (Lipinski definition) is 1. The highest BCUT2D eigenvalue weighted by Gasteiger charge is 2.29. The van der Waals surface area contributed by atoms with Crippen molar-refractivity contribution in [3.05, 3.63) is 52.0 Å². The first kappa shape index (κ1) is 26.6. The molecule has 37 heavy (non-hydrogen) atoms. The number of amides is 1. The van der Waals surface area contributed by atoms with Gasteiger partial charge in [0, 0.05) is 25.7 Å². The first-order valence-electron chi connectivity index (χ1n) is 12.9. The minimum Gasteiger partial charge on any atom is -0.488 e. The van der Waals surface area contributed by atoms with Gasteiger partial charge in [-0.15, -0.1) is 0 Å². The second-order valence-electron chi connectivity index (χ2n) is 10.3. The predicted octanol–water partition coefficient (Wildman–Crippen LogP) is 4.06. The van der Waals surface area contributed by atoms with Gasteiger partial charge in [0.25, 0.3) is 0 Å². The van der Waals surface area contributed by atoms with Crippen molar-refractivity contribution in [1.82, 2.24) is 20.0 Å². The first-order chi connectivity index (χ1) is 17.5. The molecule has 1 amide bonds. The number of aromatic nitrogens is 3. The molecule has 198 valence electrons. The summed E-state index contributed by atoms with van der Waals surface area (Å²) in [7, 11) is 0. The summed E-state index contributed by atoms with van der Waals surface area (Å²) in [6.45, 7) is 17.0. The fraction of sp³-hybridized carbons (Fsp3) is 0.500. The van der Waals surface area contributed by atoms with E-state index in [0.717, 1.165) is 39.6 Å². The Kier molecular flexibility index (Phi) is 7.82. The zero-order valence-corrected chi connectivity index (χ0v) is 23.0. The van der Waals surface area contributed by atoms with E-state index in [9.17, 15) is 4.79 Å². The predicted molar refractivity (Wildman–Crippen MR) is 144 cm³/mol. The highest BCUT2D eigenvalue weighted by molar-refractivity contribution is 5.76. The molecule has 0 spiro atoms. The number of rotatable bonds is 8. The Morgan fingerprint density at radius 1 is 1.16 bits per heavy atom. The maximum atomic E-state index is 11.5. The van der Waals surface area contributed by atoms with Gasteiger partial charge in [0.2, 0.25) is 5.91 Å². The average Bonchev–Trinajstić information content (AvgIpc) is 3.17. The molecule has 0 bridgehead atoms. The number of nitrogens with two attached hydrogens (primary N) is 1. The van der Waals surface area contributed by atoms with E-state index >= 15 is 0 Å². The Morgan fingerprint density at radius 3 is 2.54 bits per heavy atom. The van der Waals surface area contributed by atoms with E-state index < -0.39 is 0 Å². The Bertz CT molecular complexity index is 1270. The van der Waals surface area contributed by atoms with E-state index in [4.69, 9.17) is 25.0 Å². The summed E-state index contributed by atoms with van der Waals surface area (Å²) < 4.78 is 11.8. The maximum Gasteiger partial charge on any atom is 0.231 e. The van der Waals surface area contributed by atoms with E-state index in [1.165, 1.54) is 5.56 Å². The number of primary amides is 1.